The standard InChI is InChI=1S/C19H17ClN2O3S/c1-2-12-3-7-14(8-4-12)18(25)22-19(26)21-16-11-13(5-9-15(16)20)6-10-17(23)24/h3-11H,2H2,1H3,(H,23,24)(H2,21,22,25,26)/b10-6+. The lowest BCUT2D eigenvalue weighted by Crippen LogP contribution is -2.34. The molecule has 0 aliphatic rings. The van der Waals surface area contributed by atoms with Crippen LogP contribution in [-0.2, 0) is 11.2 Å². The van der Waals surface area contributed by atoms with Crippen LogP contribution in [-0.4, -0.2) is 22.1 Å². The molecule has 0 aliphatic carbocycles. The molecule has 1 amide bonds. The van der Waals surface area contributed by atoms with Gasteiger partial charge in [0.2, 0.25) is 0 Å². The smallest absolute Gasteiger partial charge is 0.328 e. The van der Waals surface area contributed by atoms with E-state index in [1.165, 1.54) is 6.08 Å². The second-order valence-electron chi connectivity index (χ2n) is 5.37. The summed E-state index contributed by atoms with van der Waals surface area (Å²) in [5, 5.41) is 14.6. The van der Waals surface area contributed by atoms with E-state index >= 15 is 0 Å². The molecule has 0 fully saturated rings. The van der Waals surface area contributed by atoms with Crippen molar-refractivity contribution in [1.82, 2.24) is 5.32 Å². The van der Waals surface area contributed by atoms with Gasteiger partial charge in [0, 0.05) is 11.6 Å². The number of thiocarbonyl (C=S) groups is 1. The summed E-state index contributed by atoms with van der Waals surface area (Å²) in [7, 11) is 0. The van der Waals surface area contributed by atoms with Gasteiger partial charge in [-0.1, -0.05) is 36.7 Å². The van der Waals surface area contributed by atoms with Gasteiger partial charge in [0.25, 0.3) is 5.91 Å². The molecule has 0 unspecified atom stereocenters. The zero-order chi connectivity index (χ0) is 19.1. The van der Waals surface area contributed by atoms with Gasteiger partial charge < -0.3 is 10.4 Å². The van der Waals surface area contributed by atoms with Crippen molar-refractivity contribution >= 4 is 52.6 Å². The van der Waals surface area contributed by atoms with E-state index in [4.69, 9.17) is 28.9 Å². The molecule has 26 heavy (non-hydrogen) atoms. The van der Waals surface area contributed by atoms with E-state index in [9.17, 15) is 9.59 Å². The van der Waals surface area contributed by atoms with Crippen molar-refractivity contribution in [2.45, 2.75) is 13.3 Å². The van der Waals surface area contributed by atoms with Gasteiger partial charge in [-0.05, 0) is 60.1 Å². The van der Waals surface area contributed by atoms with Crippen LogP contribution < -0.4 is 10.6 Å². The van der Waals surface area contributed by atoms with Crippen LogP contribution in [0.3, 0.4) is 0 Å². The highest BCUT2D eigenvalue weighted by Crippen LogP contribution is 2.23. The Morgan fingerprint density at radius 3 is 2.50 bits per heavy atom. The number of halogens is 1. The zero-order valence-corrected chi connectivity index (χ0v) is 15.5. The minimum absolute atomic E-state index is 0.0934. The number of aryl methyl sites for hydroxylation is 1. The fraction of sp³-hybridized carbons (Fsp3) is 0.105. The van der Waals surface area contributed by atoms with Crippen molar-refractivity contribution in [3.8, 4) is 0 Å². The Hall–Kier alpha value is -2.70. The number of carboxylic acid groups (broad SMARTS) is 1. The van der Waals surface area contributed by atoms with Crippen LogP contribution in [0.4, 0.5) is 5.69 Å². The Morgan fingerprint density at radius 2 is 1.88 bits per heavy atom. The molecule has 0 radical (unpaired) electrons. The first-order valence-corrected chi connectivity index (χ1v) is 8.59. The number of hydrogen-bond donors (Lipinski definition) is 3. The van der Waals surface area contributed by atoms with Crippen LogP contribution in [0.2, 0.25) is 5.02 Å². The molecule has 0 aromatic heterocycles. The second kappa shape index (κ2) is 9.12. The molecule has 0 atom stereocenters. The Kier molecular flexibility index (Phi) is 6.89. The van der Waals surface area contributed by atoms with E-state index < -0.39 is 5.97 Å². The summed E-state index contributed by atoms with van der Waals surface area (Å²) in [5.74, 6) is -1.38. The Bertz CT molecular complexity index is 864. The summed E-state index contributed by atoms with van der Waals surface area (Å²) in [6, 6.07) is 12.2. The van der Waals surface area contributed by atoms with E-state index in [0.29, 0.717) is 21.8 Å². The molecule has 0 bridgehead atoms. The molecule has 134 valence electrons. The number of benzene rings is 2. The molecule has 5 nitrogen and oxygen atoms in total. The Labute approximate surface area is 161 Å². The summed E-state index contributed by atoms with van der Waals surface area (Å²) in [6.45, 7) is 2.04. The quantitative estimate of drug-likeness (QED) is 0.530. The van der Waals surface area contributed by atoms with E-state index in [1.807, 2.05) is 19.1 Å². The average molecular weight is 389 g/mol. The van der Waals surface area contributed by atoms with Gasteiger partial charge in [-0.3, -0.25) is 10.1 Å². The predicted octanol–water partition coefficient (Wildman–Crippen LogP) is 4.13. The van der Waals surface area contributed by atoms with E-state index in [-0.39, 0.29) is 11.0 Å². The highest BCUT2D eigenvalue weighted by atomic mass is 35.5. The van der Waals surface area contributed by atoms with Crippen LogP contribution >= 0.6 is 23.8 Å². The summed E-state index contributed by atoms with van der Waals surface area (Å²) >= 11 is 11.3. The normalized spacial score (nSPS) is 10.5. The number of rotatable bonds is 5. The second-order valence-corrected chi connectivity index (χ2v) is 6.19. The molecule has 2 aromatic rings. The van der Waals surface area contributed by atoms with Gasteiger partial charge in [0.1, 0.15) is 0 Å². The Morgan fingerprint density at radius 1 is 1.19 bits per heavy atom. The number of amides is 1. The van der Waals surface area contributed by atoms with Gasteiger partial charge in [-0.15, -0.1) is 0 Å². The van der Waals surface area contributed by atoms with Crippen LogP contribution in [0.1, 0.15) is 28.4 Å². The zero-order valence-electron chi connectivity index (χ0n) is 14.0. The van der Waals surface area contributed by atoms with Crippen LogP contribution in [0.25, 0.3) is 6.08 Å². The first kappa shape index (κ1) is 19.6. The number of carbonyl (C=O) groups is 2. The molecule has 7 heteroatoms. The van der Waals surface area contributed by atoms with Gasteiger partial charge >= 0.3 is 5.97 Å². The minimum atomic E-state index is -1.05. The van der Waals surface area contributed by atoms with Crippen molar-refractivity contribution in [3.05, 3.63) is 70.3 Å². The highest BCUT2D eigenvalue weighted by molar-refractivity contribution is 7.80. The molecule has 0 heterocycles. The van der Waals surface area contributed by atoms with Gasteiger partial charge in [0.05, 0.1) is 10.7 Å². The van der Waals surface area contributed by atoms with E-state index in [0.717, 1.165) is 18.1 Å². The molecule has 3 N–H and O–H groups in total. The fourth-order valence-electron chi connectivity index (χ4n) is 2.13. The molecule has 2 rings (SSSR count). The molecule has 0 saturated heterocycles. The lowest BCUT2D eigenvalue weighted by molar-refractivity contribution is -0.131. The molecular weight excluding hydrogens is 372 g/mol. The van der Waals surface area contributed by atoms with Crippen molar-refractivity contribution in [3.63, 3.8) is 0 Å². The number of aliphatic carboxylic acids is 1. The third-order valence-corrected chi connectivity index (χ3v) is 4.04. The fourth-order valence-corrected chi connectivity index (χ4v) is 2.50. The largest absolute Gasteiger partial charge is 0.478 e. The SMILES string of the molecule is CCc1ccc(C(=O)NC(=S)Nc2cc(/C=C/C(=O)O)ccc2Cl)cc1. The molecule has 0 spiro atoms. The Balaban J connectivity index is 2.05. The predicted molar refractivity (Wildman–Crippen MR) is 108 cm³/mol. The molecular formula is C19H17ClN2O3S. The van der Waals surface area contributed by atoms with Gasteiger partial charge in [-0.2, -0.15) is 0 Å². The maximum absolute atomic E-state index is 12.2. The maximum atomic E-state index is 12.2. The van der Waals surface area contributed by atoms with E-state index in [2.05, 4.69) is 10.6 Å². The monoisotopic (exact) mass is 388 g/mol. The van der Waals surface area contributed by atoms with E-state index in [1.54, 1.807) is 30.3 Å². The van der Waals surface area contributed by atoms with Crippen molar-refractivity contribution in [2.24, 2.45) is 0 Å². The molecule has 0 saturated carbocycles. The summed E-state index contributed by atoms with van der Waals surface area (Å²) < 4.78 is 0. The lowest BCUT2D eigenvalue weighted by atomic mass is 10.1. The molecule has 2 aromatic carbocycles. The van der Waals surface area contributed by atoms with Crippen LogP contribution in [0.5, 0.6) is 0 Å². The van der Waals surface area contributed by atoms with Crippen molar-refractivity contribution in [1.29, 1.82) is 0 Å². The lowest BCUT2D eigenvalue weighted by Gasteiger charge is -2.12. The highest BCUT2D eigenvalue weighted by Gasteiger charge is 2.09. The average Bonchev–Trinajstić information content (AvgIpc) is 2.62. The number of anilines is 1. The minimum Gasteiger partial charge on any atom is -0.478 e. The first-order valence-electron chi connectivity index (χ1n) is 7.81. The number of hydrogen-bond acceptors (Lipinski definition) is 3. The summed E-state index contributed by atoms with van der Waals surface area (Å²) in [4.78, 5) is 22.8. The third-order valence-electron chi connectivity index (χ3n) is 3.51. The topological polar surface area (TPSA) is 78.4 Å². The van der Waals surface area contributed by atoms with Gasteiger partial charge in [0.15, 0.2) is 5.11 Å². The third kappa shape index (κ3) is 5.68. The molecule has 0 aliphatic heterocycles. The number of carbonyl (C=O) groups excluding carboxylic acids is 1. The number of carboxylic acids is 1. The summed E-state index contributed by atoms with van der Waals surface area (Å²) in [6.07, 6.45) is 3.35. The van der Waals surface area contributed by atoms with Crippen molar-refractivity contribution < 1.29 is 14.7 Å². The van der Waals surface area contributed by atoms with Crippen LogP contribution in [0.15, 0.2) is 48.5 Å². The maximum Gasteiger partial charge on any atom is 0.328 e. The number of nitrogens with one attached hydrogen (secondary N) is 2. The summed E-state index contributed by atoms with van der Waals surface area (Å²) in [5.41, 5.74) is 2.73. The van der Waals surface area contributed by atoms with Crippen LogP contribution in [0, 0.1) is 0 Å². The first-order chi connectivity index (χ1) is 12.4. The van der Waals surface area contributed by atoms with Crippen molar-refractivity contribution in [2.75, 3.05) is 5.32 Å². The van der Waals surface area contributed by atoms with Gasteiger partial charge in [-0.25, -0.2) is 4.79 Å².